The molecule has 144 valence electrons. The van der Waals surface area contributed by atoms with Crippen LogP contribution in [-0.4, -0.2) is 58.3 Å². The zero-order valence-electron chi connectivity index (χ0n) is 16.6. The van der Waals surface area contributed by atoms with Gasteiger partial charge in [-0.2, -0.15) is 0 Å². The van der Waals surface area contributed by atoms with Crippen LogP contribution < -0.4 is 20.1 Å². The smallest absolute Gasteiger partial charge is 0.191 e. The minimum atomic E-state index is -0.0429. The Morgan fingerprint density at radius 2 is 1.76 bits per heavy atom. The van der Waals surface area contributed by atoms with E-state index < -0.39 is 0 Å². The monoisotopic (exact) mass is 464 g/mol. The van der Waals surface area contributed by atoms with Crippen molar-refractivity contribution in [1.29, 1.82) is 0 Å². The quantitative estimate of drug-likeness (QED) is 0.385. The molecule has 1 rings (SSSR count). The van der Waals surface area contributed by atoms with Crippen LogP contribution in [-0.2, 0) is 0 Å². The number of hydrogen-bond acceptors (Lipinski definition) is 4. The van der Waals surface area contributed by atoms with Crippen molar-refractivity contribution in [3.05, 3.63) is 23.8 Å². The van der Waals surface area contributed by atoms with Crippen molar-refractivity contribution in [3.63, 3.8) is 0 Å². The van der Waals surface area contributed by atoms with Gasteiger partial charge in [-0.25, -0.2) is 0 Å². The first kappa shape index (κ1) is 23.8. The molecule has 0 aliphatic rings. The van der Waals surface area contributed by atoms with Gasteiger partial charge in [-0.15, -0.1) is 24.0 Å². The Balaban J connectivity index is 0.00000576. The first-order valence-electron chi connectivity index (χ1n) is 8.09. The van der Waals surface area contributed by atoms with Gasteiger partial charge >= 0.3 is 0 Å². The zero-order valence-corrected chi connectivity index (χ0v) is 19.0. The van der Waals surface area contributed by atoms with E-state index in [0.29, 0.717) is 0 Å². The van der Waals surface area contributed by atoms with Gasteiger partial charge in [0.1, 0.15) is 0 Å². The predicted molar refractivity (Wildman–Crippen MR) is 116 cm³/mol. The Kier molecular flexibility index (Phi) is 10.2. The minimum Gasteiger partial charge on any atom is -0.493 e. The van der Waals surface area contributed by atoms with Crippen LogP contribution in [0.5, 0.6) is 11.5 Å². The van der Waals surface area contributed by atoms with E-state index in [1.165, 1.54) is 0 Å². The van der Waals surface area contributed by atoms with Crippen molar-refractivity contribution in [2.24, 2.45) is 4.99 Å². The van der Waals surface area contributed by atoms with Crippen LogP contribution in [0.4, 0.5) is 0 Å². The molecule has 2 N–H and O–H groups in total. The van der Waals surface area contributed by atoms with Crippen molar-refractivity contribution >= 4 is 29.9 Å². The molecule has 0 amide bonds. The second kappa shape index (κ2) is 10.7. The SMILES string of the molecule is CN=C(NCC(c1ccc(OC)c(OC)c1)N(C)C)NC(C)(C)C.I. The van der Waals surface area contributed by atoms with Crippen molar-refractivity contribution in [2.75, 3.05) is 41.9 Å². The van der Waals surface area contributed by atoms with E-state index in [1.54, 1.807) is 21.3 Å². The van der Waals surface area contributed by atoms with Gasteiger partial charge in [-0.1, -0.05) is 6.07 Å². The topological polar surface area (TPSA) is 58.1 Å². The first-order valence-corrected chi connectivity index (χ1v) is 8.09. The molecule has 0 aliphatic carbocycles. The number of hydrogen-bond donors (Lipinski definition) is 2. The van der Waals surface area contributed by atoms with Crippen molar-refractivity contribution in [2.45, 2.75) is 32.4 Å². The Morgan fingerprint density at radius 3 is 2.20 bits per heavy atom. The second-order valence-electron chi connectivity index (χ2n) is 6.92. The third kappa shape index (κ3) is 7.68. The minimum absolute atomic E-state index is 0. The molecule has 0 aliphatic heterocycles. The van der Waals surface area contributed by atoms with Gasteiger partial charge in [-0.05, 0) is 52.6 Å². The van der Waals surface area contributed by atoms with Crippen LogP contribution in [0.2, 0.25) is 0 Å². The number of likely N-dealkylation sites (N-methyl/N-ethyl adjacent to an activating group) is 1. The number of rotatable bonds is 6. The number of ether oxygens (including phenoxy) is 2. The molecular formula is C18H33IN4O2. The number of nitrogens with one attached hydrogen (secondary N) is 2. The third-order valence-corrected chi connectivity index (χ3v) is 3.60. The fourth-order valence-corrected chi connectivity index (χ4v) is 2.39. The molecule has 7 heteroatoms. The molecule has 1 aromatic rings. The number of methoxy groups -OCH3 is 2. The van der Waals surface area contributed by atoms with Gasteiger partial charge in [0.15, 0.2) is 17.5 Å². The summed E-state index contributed by atoms with van der Waals surface area (Å²) in [6, 6.07) is 6.19. The van der Waals surface area contributed by atoms with E-state index in [9.17, 15) is 0 Å². The molecule has 1 aromatic carbocycles. The summed E-state index contributed by atoms with van der Waals surface area (Å²) >= 11 is 0. The third-order valence-electron chi connectivity index (χ3n) is 3.60. The van der Waals surface area contributed by atoms with Gasteiger partial charge in [0.25, 0.3) is 0 Å². The number of halogens is 1. The maximum Gasteiger partial charge on any atom is 0.191 e. The van der Waals surface area contributed by atoms with Crippen LogP contribution in [0.15, 0.2) is 23.2 Å². The lowest BCUT2D eigenvalue weighted by molar-refractivity contribution is 0.295. The summed E-state index contributed by atoms with van der Waals surface area (Å²) in [5, 5.41) is 6.77. The highest BCUT2D eigenvalue weighted by atomic mass is 127. The number of benzene rings is 1. The molecule has 0 aromatic heterocycles. The molecule has 1 unspecified atom stereocenters. The summed E-state index contributed by atoms with van der Waals surface area (Å²) in [7, 11) is 9.19. The highest BCUT2D eigenvalue weighted by Crippen LogP contribution is 2.31. The lowest BCUT2D eigenvalue weighted by atomic mass is 10.0. The molecule has 0 fully saturated rings. The van der Waals surface area contributed by atoms with Gasteiger partial charge in [0, 0.05) is 19.1 Å². The molecule has 1 atom stereocenters. The summed E-state index contributed by atoms with van der Waals surface area (Å²) in [5.74, 6) is 2.26. The van der Waals surface area contributed by atoms with Crippen LogP contribution in [0.1, 0.15) is 32.4 Å². The van der Waals surface area contributed by atoms with E-state index in [0.717, 1.165) is 29.6 Å². The van der Waals surface area contributed by atoms with E-state index in [2.05, 4.69) is 61.5 Å². The maximum atomic E-state index is 5.42. The molecule has 25 heavy (non-hydrogen) atoms. The Labute approximate surface area is 169 Å². The Morgan fingerprint density at radius 1 is 1.16 bits per heavy atom. The second-order valence-corrected chi connectivity index (χ2v) is 6.92. The summed E-state index contributed by atoms with van der Waals surface area (Å²) < 4.78 is 10.7. The standard InChI is InChI=1S/C18H32N4O2.HI/c1-18(2,3)21-17(19-4)20-12-14(22(5)6)13-9-10-15(23-7)16(11-13)24-8;/h9-11,14H,12H2,1-8H3,(H2,19,20,21);1H. The summed E-state index contributed by atoms with van der Waals surface area (Å²) in [6.07, 6.45) is 0. The van der Waals surface area contributed by atoms with E-state index >= 15 is 0 Å². The van der Waals surface area contributed by atoms with Gasteiger partial charge in [0.05, 0.1) is 20.3 Å². The molecule has 0 radical (unpaired) electrons. The summed E-state index contributed by atoms with van der Waals surface area (Å²) in [4.78, 5) is 6.46. The number of nitrogens with zero attached hydrogens (tertiary/aromatic N) is 2. The Bertz CT molecular complexity index is 556. The average molecular weight is 464 g/mol. The molecule has 6 nitrogen and oxygen atoms in total. The van der Waals surface area contributed by atoms with E-state index in [1.807, 2.05) is 12.1 Å². The fourth-order valence-electron chi connectivity index (χ4n) is 2.39. The van der Waals surface area contributed by atoms with Crippen molar-refractivity contribution in [1.82, 2.24) is 15.5 Å². The molecule has 0 saturated carbocycles. The normalized spacial score (nSPS) is 13.1. The van der Waals surface area contributed by atoms with Gasteiger partial charge in [-0.3, -0.25) is 4.99 Å². The van der Waals surface area contributed by atoms with E-state index in [-0.39, 0.29) is 35.6 Å². The van der Waals surface area contributed by atoms with Crippen LogP contribution in [0, 0.1) is 0 Å². The first-order chi connectivity index (χ1) is 11.2. The molecule has 0 spiro atoms. The van der Waals surface area contributed by atoms with Crippen molar-refractivity contribution in [3.8, 4) is 11.5 Å². The molecule has 0 saturated heterocycles. The lowest BCUT2D eigenvalue weighted by Crippen LogP contribution is -2.49. The van der Waals surface area contributed by atoms with Gasteiger partial charge < -0.3 is 25.0 Å². The van der Waals surface area contributed by atoms with Crippen molar-refractivity contribution < 1.29 is 9.47 Å². The molecule has 0 heterocycles. The average Bonchev–Trinajstić information content (AvgIpc) is 2.52. The number of guanidine groups is 1. The van der Waals surface area contributed by atoms with Crippen LogP contribution in [0.3, 0.4) is 0 Å². The fraction of sp³-hybridized carbons (Fsp3) is 0.611. The maximum absolute atomic E-state index is 5.42. The van der Waals surface area contributed by atoms with Crippen LogP contribution in [0.25, 0.3) is 0 Å². The zero-order chi connectivity index (χ0) is 18.3. The van der Waals surface area contributed by atoms with E-state index in [4.69, 9.17) is 9.47 Å². The highest BCUT2D eigenvalue weighted by molar-refractivity contribution is 14.0. The largest absolute Gasteiger partial charge is 0.493 e. The predicted octanol–water partition coefficient (Wildman–Crippen LogP) is 2.89. The number of aliphatic imine (C=N–C) groups is 1. The molecular weight excluding hydrogens is 431 g/mol. The van der Waals surface area contributed by atoms with Crippen LogP contribution >= 0.6 is 24.0 Å². The Hall–Kier alpha value is -1.22. The summed E-state index contributed by atoms with van der Waals surface area (Å²) in [5.41, 5.74) is 1.11. The lowest BCUT2D eigenvalue weighted by Gasteiger charge is -2.29. The highest BCUT2D eigenvalue weighted by Gasteiger charge is 2.18. The van der Waals surface area contributed by atoms with Gasteiger partial charge in [0.2, 0.25) is 0 Å². The molecule has 0 bridgehead atoms. The summed E-state index contributed by atoms with van der Waals surface area (Å²) in [6.45, 7) is 7.05.